The second-order valence-electron chi connectivity index (χ2n) is 10.0. The van der Waals surface area contributed by atoms with E-state index in [1.54, 1.807) is 55.5 Å². The highest BCUT2D eigenvalue weighted by atomic mass is 16.5. The third-order valence-corrected chi connectivity index (χ3v) is 7.29. The predicted molar refractivity (Wildman–Crippen MR) is 133 cm³/mol. The highest BCUT2D eigenvalue weighted by molar-refractivity contribution is 6.00. The molecular formula is C27H33NO8. The number of fused-ring (bicyclic) bond motifs is 1. The summed E-state index contributed by atoms with van der Waals surface area (Å²) in [4.78, 5) is 12.8. The van der Waals surface area contributed by atoms with Gasteiger partial charge in [0, 0.05) is 18.1 Å². The molecule has 5 N–H and O–H groups in total. The number of phenols is 1. The van der Waals surface area contributed by atoms with E-state index in [1.165, 1.54) is 14.2 Å². The van der Waals surface area contributed by atoms with Gasteiger partial charge in [-0.3, -0.25) is 4.79 Å². The van der Waals surface area contributed by atoms with Gasteiger partial charge in [0.05, 0.1) is 37.7 Å². The molecule has 0 radical (unpaired) electrons. The first-order valence-electron chi connectivity index (χ1n) is 11.7. The van der Waals surface area contributed by atoms with Crippen LogP contribution < -0.4 is 10.1 Å². The van der Waals surface area contributed by atoms with Crippen molar-refractivity contribution in [1.82, 2.24) is 0 Å². The molecule has 36 heavy (non-hydrogen) atoms. The quantitative estimate of drug-likeness (QED) is 0.408. The van der Waals surface area contributed by atoms with Crippen molar-refractivity contribution in [1.29, 1.82) is 0 Å². The summed E-state index contributed by atoms with van der Waals surface area (Å²) in [7, 11) is 2.83. The maximum absolute atomic E-state index is 12.8. The van der Waals surface area contributed by atoms with E-state index in [0.29, 0.717) is 23.3 Å². The van der Waals surface area contributed by atoms with Crippen molar-refractivity contribution in [2.24, 2.45) is 5.41 Å². The number of carbonyl (C=O) groups is 1. The van der Waals surface area contributed by atoms with E-state index < -0.39 is 34.7 Å². The zero-order valence-corrected chi connectivity index (χ0v) is 20.8. The van der Waals surface area contributed by atoms with Crippen molar-refractivity contribution in [2.75, 3.05) is 32.8 Å². The Labute approximate surface area is 209 Å². The molecule has 5 atom stereocenters. The van der Waals surface area contributed by atoms with Crippen molar-refractivity contribution >= 4 is 17.7 Å². The van der Waals surface area contributed by atoms with Crippen molar-refractivity contribution in [3.05, 3.63) is 59.2 Å². The lowest BCUT2D eigenvalue weighted by Crippen LogP contribution is -2.52. The smallest absolute Gasteiger partial charge is 0.257 e. The van der Waals surface area contributed by atoms with E-state index in [2.05, 4.69) is 5.32 Å². The lowest BCUT2D eigenvalue weighted by Gasteiger charge is -2.44. The first-order valence-corrected chi connectivity index (χ1v) is 11.7. The maximum Gasteiger partial charge on any atom is 0.257 e. The fourth-order valence-corrected chi connectivity index (χ4v) is 4.85. The van der Waals surface area contributed by atoms with Crippen LogP contribution in [0.4, 0.5) is 5.69 Å². The number of benzene rings is 2. The van der Waals surface area contributed by atoms with Crippen LogP contribution in [-0.2, 0) is 19.9 Å². The van der Waals surface area contributed by atoms with Crippen LogP contribution in [0.5, 0.6) is 11.5 Å². The molecule has 9 heteroatoms. The number of aliphatic hydroxyl groups excluding tert-OH is 2. The fraction of sp³-hybridized carbons (Fsp3) is 0.444. The molecule has 2 heterocycles. The average molecular weight is 500 g/mol. The highest BCUT2D eigenvalue weighted by Crippen LogP contribution is 2.48. The van der Waals surface area contributed by atoms with Gasteiger partial charge >= 0.3 is 0 Å². The van der Waals surface area contributed by atoms with Crippen molar-refractivity contribution in [2.45, 2.75) is 43.7 Å². The van der Waals surface area contributed by atoms with Crippen molar-refractivity contribution in [3.63, 3.8) is 0 Å². The molecular weight excluding hydrogens is 466 g/mol. The second kappa shape index (κ2) is 9.49. The third kappa shape index (κ3) is 4.27. The maximum atomic E-state index is 12.8. The van der Waals surface area contributed by atoms with Crippen LogP contribution in [0.25, 0.3) is 6.08 Å². The minimum absolute atomic E-state index is 0.0874. The van der Waals surface area contributed by atoms with E-state index in [-0.39, 0.29) is 30.2 Å². The number of ether oxygens (including phenoxy) is 3. The molecule has 1 saturated heterocycles. The van der Waals surface area contributed by atoms with Crippen LogP contribution in [0.1, 0.15) is 37.0 Å². The number of aliphatic hydroxyl groups is 3. The Kier molecular flexibility index (Phi) is 6.89. The number of anilines is 1. The molecule has 4 rings (SSSR count). The number of aromatic hydroxyl groups is 1. The number of amides is 1. The Hall–Kier alpha value is -2.95. The minimum atomic E-state index is -2.00. The Bertz CT molecular complexity index is 1170. The third-order valence-electron chi connectivity index (χ3n) is 7.29. The molecule has 0 bridgehead atoms. The molecule has 0 aliphatic carbocycles. The van der Waals surface area contributed by atoms with Gasteiger partial charge in [0.1, 0.15) is 17.1 Å². The summed E-state index contributed by atoms with van der Waals surface area (Å²) in [5, 5.41) is 46.4. The number of rotatable bonds is 6. The minimum Gasteiger partial charge on any atom is -0.507 e. The molecule has 5 unspecified atom stereocenters. The normalized spacial score (nSPS) is 32.2. The SMILES string of the molecule is COc1ccc(C2(O)c3c(ccc(/C=C/C4(C)OCC(C)(CO)CC4O)c3O)NC(=O)C2OC)cc1. The van der Waals surface area contributed by atoms with Gasteiger partial charge in [0.25, 0.3) is 5.91 Å². The van der Waals surface area contributed by atoms with Gasteiger partial charge in [-0.2, -0.15) is 0 Å². The molecule has 1 fully saturated rings. The van der Waals surface area contributed by atoms with Crippen LogP contribution in [0.15, 0.2) is 42.5 Å². The van der Waals surface area contributed by atoms with Gasteiger partial charge in [-0.25, -0.2) is 0 Å². The van der Waals surface area contributed by atoms with Gasteiger partial charge in [-0.05, 0) is 49.2 Å². The largest absolute Gasteiger partial charge is 0.507 e. The van der Waals surface area contributed by atoms with Crippen LogP contribution in [0.2, 0.25) is 0 Å². The van der Waals surface area contributed by atoms with E-state index in [0.717, 1.165) is 0 Å². The molecule has 194 valence electrons. The number of hydrogen-bond donors (Lipinski definition) is 5. The molecule has 0 spiro atoms. The van der Waals surface area contributed by atoms with Crippen molar-refractivity contribution < 1.29 is 39.4 Å². The van der Waals surface area contributed by atoms with Gasteiger partial charge in [-0.15, -0.1) is 0 Å². The summed E-state index contributed by atoms with van der Waals surface area (Å²) >= 11 is 0. The van der Waals surface area contributed by atoms with E-state index in [4.69, 9.17) is 14.2 Å². The predicted octanol–water partition coefficient (Wildman–Crippen LogP) is 2.16. The van der Waals surface area contributed by atoms with Gasteiger partial charge < -0.3 is 40.0 Å². The molecule has 2 aliphatic heterocycles. The first-order chi connectivity index (χ1) is 17.0. The van der Waals surface area contributed by atoms with Crippen LogP contribution >= 0.6 is 0 Å². The van der Waals surface area contributed by atoms with Gasteiger partial charge in [-0.1, -0.05) is 25.1 Å². The van der Waals surface area contributed by atoms with Gasteiger partial charge in [0.2, 0.25) is 0 Å². The Morgan fingerprint density at radius 3 is 2.44 bits per heavy atom. The number of nitrogens with one attached hydrogen (secondary N) is 1. The monoisotopic (exact) mass is 499 g/mol. The molecule has 1 amide bonds. The summed E-state index contributed by atoms with van der Waals surface area (Å²) in [6, 6.07) is 9.71. The van der Waals surface area contributed by atoms with Crippen LogP contribution in [0, 0.1) is 5.41 Å². The number of hydrogen-bond acceptors (Lipinski definition) is 8. The lowest BCUT2D eigenvalue weighted by molar-refractivity contribution is -0.170. The summed E-state index contributed by atoms with van der Waals surface area (Å²) < 4.78 is 16.5. The van der Waals surface area contributed by atoms with Crippen LogP contribution in [-0.4, -0.2) is 71.6 Å². The first kappa shape index (κ1) is 26.1. The Morgan fingerprint density at radius 2 is 1.86 bits per heavy atom. The second-order valence-corrected chi connectivity index (χ2v) is 10.0. The zero-order chi connectivity index (χ0) is 26.3. The molecule has 0 aromatic heterocycles. The summed E-state index contributed by atoms with van der Waals surface area (Å²) in [6.07, 6.45) is 1.39. The summed E-state index contributed by atoms with van der Waals surface area (Å²) in [5.41, 5.74) is -2.57. The summed E-state index contributed by atoms with van der Waals surface area (Å²) in [5.74, 6) is -0.239. The molecule has 9 nitrogen and oxygen atoms in total. The van der Waals surface area contributed by atoms with Crippen LogP contribution in [0.3, 0.4) is 0 Å². The fourth-order valence-electron chi connectivity index (χ4n) is 4.85. The molecule has 0 saturated carbocycles. The molecule has 2 aromatic rings. The molecule has 2 aromatic carbocycles. The Morgan fingerprint density at radius 1 is 1.17 bits per heavy atom. The number of phenolic OH excluding ortho intramolecular Hbond substituents is 1. The topological polar surface area (TPSA) is 138 Å². The van der Waals surface area contributed by atoms with E-state index in [9.17, 15) is 25.2 Å². The highest BCUT2D eigenvalue weighted by Gasteiger charge is 2.52. The van der Waals surface area contributed by atoms with E-state index in [1.807, 2.05) is 6.92 Å². The van der Waals surface area contributed by atoms with Crippen molar-refractivity contribution in [3.8, 4) is 11.5 Å². The zero-order valence-electron chi connectivity index (χ0n) is 20.8. The van der Waals surface area contributed by atoms with Gasteiger partial charge in [0.15, 0.2) is 11.7 Å². The number of carbonyl (C=O) groups excluding carboxylic acids is 1. The Balaban J connectivity index is 1.77. The number of methoxy groups -OCH3 is 2. The van der Waals surface area contributed by atoms with E-state index >= 15 is 0 Å². The average Bonchev–Trinajstić information content (AvgIpc) is 2.86. The summed E-state index contributed by atoms with van der Waals surface area (Å²) in [6.45, 7) is 3.73. The lowest BCUT2D eigenvalue weighted by atomic mass is 9.76. The molecule has 2 aliphatic rings. The standard InChI is InChI=1S/C27H33NO8/c1-25(14-29)13-20(30)26(2,36-15-25)12-11-16-5-10-19-21(22(16)31)27(33,23(35-4)24(32)28-19)17-6-8-18(34-3)9-7-17/h5-12,20,23,29-31,33H,13-15H2,1-4H3,(H,28,32)/b12-11+.